The number of carbonyl (C=O) groups is 2. The molecule has 27 heavy (non-hydrogen) atoms. The van der Waals surface area contributed by atoms with E-state index in [2.05, 4.69) is 5.32 Å². The first-order valence-corrected chi connectivity index (χ1v) is 8.37. The Morgan fingerprint density at radius 2 is 1.81 bits per heavy atom. The molecule has 0 radical (unpaired) electrons. The van der Waals surface area contributed by atoms with E-state index in [9.17, 15) is 19.7 Å². The number of esters is 1. The zero-order valence-electron chi connectivity index (χ0n) is 14.4. The molecule has 0 unspecified atom stereocenters. The Morgan fingerprint density at radius 3 is 2.41 bits per heavy atom. The monoisotopic (exact) mass is 388 g/mol. The van der Waals surface area contributed by atoms with Gasteiger partial charge in [-0.2, -0.15) is 0 Å². The molecule has 1 atom stereocenters. The minimum Gasteiger partial charge on any atom is -0.452 e. The number of halogens is 1. The molecule has 0 aliphatic rings. The maximum Gasteiger partial charge on any atom is 0.331 e. The first kappa shape index (κ1) is 20.1. The number of rotatable bonds is 7. The summed E-state index contributed by atoms with van der Waals surface area (Å²) in [6.45, 7) is 1.39. The summed E-state index contributed by atoms with van der Waals surface area (Å²) in [6, 6.07) is 12.4. The molecule has 0 aliphatic heterocycles. The summed E-state index contributed by atoms with van der Waals surface area (Å²) < 4.78 is 4.88. The largest absolute Gasteiger partial charge is 0.452 e. The minimum atomic E-state index is -0.692. The SMILES string of the molecule is C[C@H](NC(=O)COC(=O)/C=C/c1ccc([N+](=O)[O-])cc1)c1ccc(Cl)cc1. The Labute approximate surface area is 160 Å². The van der Waals surface area contributed by atoms with Gasteiger partial charge in [0.15, 0.2) is 6.61 Å². The van der Waals surface area contributed by atoms with Crippen molar-refractivity contribution in [1.29, 1.82) is 0 Å². The number of hydrogen-bond donors (Lipinski definition) is 1. The van der Waals surface area contributed by atoms with E-state index < -0.39 is 23.4 Å². The molecular formula is C19H17ClN2O5. The van der Waals surface area contributed by atoms with E-state index in [-0.39, 0.29) is 11.7 Å². The van der Waals surface area contributed by atoms with Crippen LogP contribution in [0.15, 0.2) is 54.6 Å². The Bertz CT molecular complexity index is 847. The van der Waals surface area contributed by atoms with Crippen LogP contribution in [0.4, 0.5) is 5.69 Å². The van der Waals surface area contributed by atoms with Gasteiger partial charge in [-0.25, -0.2) is 4.79 Å². The molecule has 140 valence electrons. The van der Waals surface area contributed by atoms with E-state index in [1.54, 1.807) is 31.2 Å². The number of nitro benzene ring substituents is 1. The van der Waals surface area contributed by atoms with Crippen molar-refractivity contribution in [2.45, 2.75) is 13.0 Å². The molecule has 0 spiro atoms. The Morgan fingerprint density at radius 1 is 1.19 bits per heavy atom. The average Bonchev–Trinajstić information content (AvgIpc) is 2.65. The average molecular weight is 389 g/mol. The van der Waals surface area contributed by atoms with Crippen molar-refractivity contribution in [2.75, 3.05) is 6.61 Å². The van der Waals surface area contributed by atoms with Gasteiger partial charge in [0, 0.05) is 23.2 Å². The molecule has 0 bridgehead atoms. The van der Waals surface area contributed by atoms with Crippen molar-refractivity contribution in [3.8, 4) is 0 Å². The number of non-ortho nitro benzene ring substituents is 1. The first-order valence-electron chi connectivity index (χ1n) is 7.99. The highest BCUT2D eigenvalue weighted by Crippen LogP contribution is 2.16. The molecule has 0 aromatic heterocycles. The predicted octanol–water partition coefficient (Wildman–Crippen LogP) is 3.68. The number of benzene rings is 2. The van der Waals surface area contributed by atoms with Crippen LogP contribution in [0.1, 0.15) is 24.1 Å². The fourth-order valence-electron chi connectivity index (χ4n) is 2.17. The Hall–Kier alpha value is -3.19. The van der Waals surface area contributed by atoms with Crippen molar-refractivity contribution < 1.29 is 19.2 Å². The molecule has 2 aromatic rings. The van der Waals surface area contributed by atoms with Gasteiger partial charge in [0.25, 0.3) is 11.6 Å². The molecule has 0 heterocycles. The number of nitrogens with one attached hydrogen (secondary N) is 1. The van der Waals surface area contributed by atoms with Gasteiger partial charge in [-0.1, -0.05) is 23.7 Å². The van der Waals surface area contributed by atoms with Crippen LogP contribution in [0.3, 0.4) is 0 Å². The van der Waals surface area contributed by atoms with Crippen molar-refractivity contribution in [3.63, 3.8) is 0 Å². The minimum absolute atomic E-state index is 0.0406. The van der Waals surface area contributed by atoms with Gasteiger partial charge in [-0.05, 0) is 48.4 Å². The number of amides is 1. The van der Waals surface area contributed by atoms with E-state index in [0.29, 0.717) is 10.6 Å². The van der Waals surface area contributed by atoms with Crippen molar-refractivity contribution >= 4 is 35.2 Å². The van der Waals surface area contributed by atoms with Gasteiger partial charge in [0.05, 0.1) is 11.0 Å². The van der Waals surface area contributed by atoms with E-state index in [1.807, 2.05) is 0 Å². The lowest BCUT2D eigenvalue weighted by Gasteiger charge is -2.14. The number of nitrogens with zero attached hydrogens (tertiary/aromatic N) is 1. The highest BCUT2D eigenvalue weighted by molar-refractivity contribution is 6.30. The van der Waals surface area contributed by atoms with Crippen LogP contribution < -0.4 is 5.32 Å². The number of nitro groups is 1. The highest BCUT2D eigenvalue weighted by Gasteiger charge is 2.11. The van der Waals surface area contributed by atoms with Crippen LogP contribution in [0, 0.1) is 10.1 Å². The molecule has 8 heteroatoms. The summed E-state index contributed by atoms with van der Waals surface area (Å²) in [6.07, 6.45) is 2.59. The maximum absolute atomic E-state index is 11.9. The summed E-state index contributed by atoms with van der Waals surface area (Å²) in [5, 5.41) is 13.9. The lowest BCUT2D eigenvalue weighted by molar-refractivity contribution is -0.384. The number of hydrogen-bond acceptors (Lipinski definition) is 5. The third-order valence-electron chi connectivity index (χ3n) is 3.61. The maximum atomic E-state index is 11.9. The zero-order chi connectivity index (χ0) is 19.8. The van der Waals surface area contributed by atoms with Crippen molar-refractivity contribution in [1.82, 2.24) is 5.32 Å². The molecule has 0 saturated heterocycles. The number of carbonyl (C=O) groups excluding carboxylic acids is 2. The normalized spacial score (nSPS) is 11.8. The van der Waals surface area contributed by atoms with Gasteiger partial charge in [0.2, 0.25) is 0 Å². The fraction of sp³-hybridized carbons (Fsp3) is 0.158. The van der Waals surface area contributed by atoms with Crippen LogP contribution in [-0.4, -0.2) is 23.4 Å². The lowest BCUT2D eigenvalue weighted by Crippen LogP contribution is -2.30. The van der Waals surface area contributed by atoms with Gasteiger partial charge in [0.1, 0.15) is 0 Å². The van der Waals surface area contributed by atoms with Crippen LogP contribution in [0.5, 0.6) is 0 Å². The van der Waals surface area contributed by atoms with Crippen molar-refractivity contribution in [3.05, 3.63) is 80.9 Å². The molecule has 1 amide bonds. The molecule has 0 saturated carbocycles. The second kappa shape index (κ2) is 9.49. The van der Waals surface area contributed by atoms with Gasteiger partial charge in [-0.15, -0.1) is 0 Å². The summed E-state index contributed by atoms with van der Waals surface area (Å²) in [5.41, 5.74) is 1.43. The second-order valence-electron chi connectivity index (χ2n) is 5.63. The summed E-state index contributed by atoms with van der Waals surface area (Å²) in [5.74, 6) is -1.13. The third-order valence-corrected chi connectivity index (χ3v) is 3.86. The fourth-order valence-corrected chi connectivity index (χ4v) is 2.30. The topological polar surface area (TPSA) is 98.5 Å². The molecule has 0 fully saturated rings. The first-order chi connectivity index (χ1) is 12.8. The second-order valence-corrected chi connectivity index (χ2v) is 6.07. The zero-order valence-corrected chi connectivity index (χ0v) is 15.2. The van der Waals surface area contributed by atoms with Gasteiger partial charge in [-0.3, -0.25) is 14.9 Å². The molecule has 2 aromatic carbocycles. The molecule has 2 rings (SSSR count). The molecule has 7 nitrogen and oxygen atoms in total. The standard InChI is InChI=1S/C19H17ClN2O5/c1-13(15-5-7-16(20)8-6-15)21-18(23)12-27-19(24)11-4-14-2-9-17(10-3-14)22(25)26/h2-11,13H,12H2,1H3,(H,21,23)/b11-4+/t13-/m0/s1. The van der Waals surface area contributed by atoms with Crippen LogP contribution in [0.25, 0.3) is 6.08 Å². The molecule has 0 aliphatic carbocycles. The third kappa shape index (κ3) is 6.56. The van der Waals surface area contributed by atoms with E-state index >= 15 is 0 Å². The smallest absolute Gasteiger partial charge is 0.331 e. The van der Waals surface area contributed by atoms with Crippen LogP contribution in [0.2, 0.25) is 5.02 Å². The van der Waals surface area contributed by atoms with Gasteiger partial charge >= 0.3 is 5.97 Å². The number of ether oxygens (including phenoxy) is 1. The van der Waals surface area contributed by atoms with E-state index in [4.69, 9.17) is 16.3 Å². The summed E-state index contributed by atoms with van der Waals surface area (Å²) >= 11 is 5.82. The van der Waals surface area contributed by atoms with E-state index in [0.717, 1.165) is 11.6 Å². The summed E-state index contributed by atoms with van der Waals surface area (Å²) in [7, 11) is 0. The Balaban J connectivity index is 1.79. The Kier molecular flexibility index (Phi) is 7.08. The quantitative estimate of drug-likeness (QED) is 0.337. The summed E-state index contributed by atoms with van der Waals surface area (Å²) in [4.78, 5) is 33.6. The van der Waals surface area contributed by atoms with Crippen molar-refractivity contribution in [2.24, 2.45) is 0 Å². The van der Waals surface area contributed by atoms with Crippen LogP contribution >= 0.6 is 11.6 Å². The van der Waals surface area contributed by atoms with E-state index in [1.165, 1.54) is 30.3 Å². The van der Waals surface area contributed by atoms with Crippen LogP contribution in [-0.2, 0) is 14.3 Å². The predicted molar refractivity (Wildman–Crippen MR) is 101 cm³/mol. The highest BCUT2D eigenvalue weighted by atomic mass is 35.5. The molecule has 1 N–H and O–H groups in total. The lowest BCUT2D eigenvalue weighted by atomic mass is 10.1. The molecular weight excluding hydrogens is 372 g/mol. The van der Waals surface area contributed by atoms with Gasteiger partial charge < -0.3 is 10.1 Å².